The van der Waals surface area contributed by atoms with E-state index in [1.807, 2.05) is 0 Å². The number of carbonyl (C=O) groups excluding carboxylic acids is 1. The Morgan fingerprint density at radius 3 is 2.50 bits per heavy atom. The number of alkyl halides is 3. The summed E-state index contributed by atoms with van der Waals surface area (Å²) in [6.07, 6.45) is -2.42. The van der Waals surface area contributed by atoms with Gasteiger partial charge in [-0.3, -0.25) is 9.48 Å². The first-order valence-electron chi connectivity index (χ1n) is 8.35. The maximum Gasteiger partial charge on any atom is 0.433 e. The molecule has 136 valence electrons. The predicted octanol–water partition coefficient (Wildman–Crippen LogP) is 2.63. The number of likely N-dealkylation sites (tertiary alicyclic amines) is 1. The molecule has 2 unspecified atom stereocenters. The maximum atomic E-state index is 13.1. The fraction of sp³-hybridized carbons (Fsp3) is 0.750. The van der Waals surface area contributed by atoms with Crippen molar-refractivity contribution in [1.29, 1.82) is 0 Å². The molecule has 2 heterocycles. The fourth-order valence-corrected chi connectivity index (χ4v) is 3.49. The molecule has 0 radical (unpaired) electrons. The number of piperidine rings is 1. The quantitative estimate of drug-likeness (QED) is 0.892. The Morgan fingerprint density at radius 1 is 1.33 bits per heavy atom. The fourth-order valence-electron chi connectivity index (χ4n) is 3.49. The van der Waals surface area contributed by atoms with Gasteiger partial charge in [-0.1, -0.05) is 13.8 Å². The number of aromatic nitrogens is 2. The largest absolute Gasteiger partial charge is 0.433 e. The normalized spacial score (nSPS) is 22.6. The molecule has 0 bridgehead atoms. The molecule has 0 aromatic carbocycles. The minimum absolute atomic E-state index is 0.0612. The molecule has 0 aliphatic carbocycles. The highest BCUT2D eigenvalue weighted by molar-refractivity contribution is 5.95. The molecule has 1 fully saturated rings. The SMILES string of the molecule is CCn1ncc(C(=O)NCCN2CC(C)CC(C)C2)c1C(F)(F)F. The van der Waals surface area contributed by atoms with Gasteiger partial charge >= 0.3 is 6.18 Å². The van der Waals surface area contributed by atoms with Crippen molar-refractivity contribution in [2.24, 2.45) is 11.8 Å². The monoisotopic (exact) mass is 346 g/mol. The Balaban J connectivity index is 1.95. The number of nitrogens with one attached hydrogen (secondary N) is 1. The minimum atomic E-state index is -4.60. The molecule has 1 aliphatic heterocycles. The molecular formula is C16H25F3N4O. The third-order valence-electron chi connectivity index (χ3n) is 4.31. The summed E-state index contributed by atoms with van der Waals surface area (Å²) in [5.41, 5.74) is -1.40. The number of halogens is 3. The van der Waals surface area contributed by atoms with Crippen LogP contribution >= 0.6 is 0 Å². The Morgan fingerprint density at radius 2 is 1.96 bits per heavy atom. The van der Waals surface area contributed by atoms with Gasteiger partial charge in [0.15, 0.2) is 5.69 Å². The molecule has 1 aliphatic rings. The zero-order valence-electron chi connectivity index (χ0n) is 14.4. The van der Waals surface area contributed by atoms with E-state index < -0.39 is 23.3 Å². The van der Waals surface area contributed by atoms with Crippen LogP contribution in [0.25, 0.3) is 0 Å². The smallest absolute Gasteiger partial charge is 0.351 e. The first kappa shape index (κ1) is 18.8. The first-order chi connectivity index (χ1) is 11.2. The molecule has 1 saturated heterocycles. The molecule has 1 aromatic rings. The van der Waals surface area contributed by atoms with Gasteiger partial charge in [-0.15, -0.1) is 0 Å². The minimum Gasteiger partial charge on any atom is -0.351 e. The lowest BCUT2D eigenvalue weighted by molar-refractivity contribution is -0.144. The lowest BCUT2D eigenvalue weighted by Gasteiger charge is -2.34. The number of rotatable bonds is 5. The summed E-state index contributed by atoms with van der Waals surface area (Å²) >= 11 is 0. The van der Waals surface area contributed by atoms with Gasteiger partial charge in [0.05, 0.1) is 11.8 Å². The van der Waals surface area contributed by atoms with Gasteiger partial charge in [-0.05, 0) is 25.2 Å². The highest BCUT2D eigenvalue weighted by Gasteiger charge is 2.39. The van der Waals surface area contributed by atoms with Crippen LogP contribution in [-0.2, 0) is 12.7 Å². The lowest BCUT2D eigenvalue weighted by atomic mass is 9.92. The van der Waals surface area contributed by atoms with Crippen LogP contribution in [0.15, 0.2) is 6.20 Å². The van der Waals surface area contributed by atoms with E-state index in [1.165, 1.54) is 6.42 Å². The Bertz CT molecular complexity index is 560. The van der Waals surface area contributed by atoms with Crippen molar-refractivity contribution in [2.45, 2.75) is 39.9 Å². The molecule has 0 spiro atoms. The van der Waals surface area contributed by atoms with Crippen LogP contribution in [0.2, 0.25) is 0 Å². The summed E-state index contributed by atoms with van der Waals surface area (Å²) in [6, 6.07) is 0. The average molecular weight is 346 g/mol. The van der Waals surface area contributed by atoms with Crippen molar-refractivity contribution in [2.75, 3.05) is 26.2 Å². The van der Waals surface area contributed by atoms with Crippen LogP contribution in [0, 0.1) is 11.8 Å². The summed E-state index contributed by atoms with van der Waals surface area (Å²) in [7, 11) is 0. The van der Waals surface area contributed by atoms with E-state index in [9.17, 15) is 18.0 Å². The van der Waals surface area contributed by atoms with Crippen LogP contribution in [0.3, 0.4) is 0 Å². The summed E-state index contributed by atoms with van der Waals surface area (Å²) < 4.78 is 40.2. The van der Waals surface area contributed by atoms with Gasteiger partial charge in [0.25, 0.3) is 5.91 Å². The standard InChI is InChI=1S/C16H25F3N4O/c1-4-23-14(16(17,18)19)13(8-21-23)15(24)20-5-6-22-9-11(2)7-12(3)10-22/h8,11-12H,4-7,9-10H2,1-3H3,(H,20,24). The van der Waals surface area contributed by atoms with E-state index in [2.05, 4.69) is 29.2 Å². The van der Waals surface area contributed by atoms with Gasteiger partial charge in [-0.25, -0.2) is 0 Å². The summed E-state index contributed by atoms with van der Waals surface area (Å²) in [4.78, 5) is 14.4. The summed E-state index contributed by atoms with van der Waals surface area (Å²) in [6.45, 7) is 8.89. The van der Waals surface area contributed by atoms with Gasteiger partial charge in [0.1, 0.15) is 0 Å². The number of hydrogen-bond acceptors (Lipinski definition) is 3. The van der Waals surface area contributed by atoms with E-state index in [0.717, 1.165) is 24.0 Å². The van der Waals surface area contributed by atoms with Gasteiger partial charge in [0, 0.05) is 32.7 Å². The number of nitrogens with zero attached hydrogens (tertiary/aromatic N) is 3. The average Bonchev–Trinajstić information content (AvgIpc) is 2.90. The highest BCUT2D eigenvalue weighted by Crippen LogP contribution is 2.32. The molecule has 0 saturated carbocycles. The third kappa shape index (κ3) is 4.49. The van der Waals surface area contributed by atoms with Crippen LogP contribution in [-0.4, -0.2) is 46.8 Å². The van der Waals surface area contributed by atoms with E-state index in [4.69, 9.17) is 0 Å². The van der Waals surface area contributed by atoms with Crippen molar-refractivity contribution in [3.63, 3.8) is 0 Å². The second kappa shape index (κ2) is 7.55. The van der Waals surface area contributed by atoms with Crippen molar-refractivity contribution >= 4 is 5.91 Å². The van der Waals surface area contributed by atoms with Crippen molar-refractivity contribution in [3.05, 3.63) is 17.5 Å². The van der Waals surface area contributed by atoms with Crippen LogP contribution in [0.1, 0.15) is 43.2 Å². The number of carbonyl (C=O) groups is 1. The second-order valence-corrected chi connectivity index (χ2v) is 6.68. The molecule has 2 atom stereocenters. The van der Waals surface area contributed by atoms with E-state index in [-0.39, 0.29) is 6.54 Å². The number of amides is 1. The second-order valence-electron chi connectivity index (χ2n) is 6.68. The Hall–Kier alpha value is -1.57. The predicted molar refractivity (Wildman–Crippen MR) is 84.6 cm³/mol. The molecule has 5 nitrogen and oxygen atoms in total. The zero-order valence-corrected chi connectivity index (χ0v) is 14.4. The highest BCUT2D eigenvalue weighted by atomic mass is 19.4. The van der Waals surface area contributed by atoms with E-state index in [0.29, 0.717) is 24.9 Å². The van der Waals surface area contributed by atoms with Crippen LogP contribution < -0.4 is 5.32 Å². The molecule has 1 N–H and O–H groups in total. The molecular weight excluding hydrogens is 321 g/mol. The summed E-state index contributed by atoms with van der Waals surface area (Å²) in [5, 5.41) is 6.26. The maximum absolute atomic E-state index is 13.1. The Labute approximate surface area is 140 Å². The molecule has 1 aromatic heterocycles. The van der Waals surface area contributed by atoms with Crippen LogP contribution in [0.4, 0.5) is 13.2 Å². The van der Waals surface area contributed by atoms with Crippen molar-refractivity contribution < 1.29 is 18.0 Å². The lowest BCUT2D eigenvalue weighted by Crippen LogP contribution is -2.43. The zero-order chi connectivity index (χ0) is 17.9. The summed E-state index contributed by atoms with van der Waals surface area (Å²) in [5.74, 6) is 0.480. The third-order valence-corrected chi connectivity index (χ3v) is 4.31. The molecule has 8 heteroatoms. The van der Waals surface area contributed by atoms with Crippen LogP contribution in [0.5, 0.6) is 0 Å². The molecule has 2 rings (SSSR count). The van der Waals surface area contributed by atoms with Crippen molar-refractivity contribution in [1.82, 2.24) is 20.0 Å². The van der Waals surface area contributed by atoms with E-state index >= 15 is 0 Å². The Kier molecular flexibility index (Phi) is 5.90. The molecule has 24 heavy (non-hydrogen) atoms. The topological polar surface area (TPSA) is 50.2 Å². The molecule has 1 amide bonds. The van der Waals surface area contributed by atoms with E-state index in [1.54, 1.807) is 6.92 Å². The first-order valence-corrected chi connectivity index (χ1v) is 8.35. The van der Waals surface area contributed by atoms with Crippen molar-refractivity contribution in [3.8, 4) is 0 Å². The number of hydrogen-bond donors (Lipinski definition) is 1. The van der Waals surface area contributed by atoms with Gasteiger partial charge in [0.2, 0.25) is 0 Å². The van der Waals surface area contributed by atoms with Gasteiger partial charge < -0.3 is 10.2 Å². The number of aryl methyl sites for hydroxylation is 1. The van der Waals surface area contributed by atoms with Gasteiger partial charge in [-0.2, -0.15) is 18.3 Å².